The minimum Gasteiger partial charge on any atom is -0.497 e. The number of aliphatic carboxylic acids is 1. The number of carboxylic acid groups (broad SMARTS) is 1. The molecule has 0 fully saturated rings. The van der Waals surface area contributed by atoms with Crippen LogP contribution in [0.25, 0.3) is 10.9 Å². The van der Waals surface area contributed by atoms with Crippen LogP contribution in [0, 0.1) is 34.0 Å². The first-order valence-corrected chi connectivity index (χ1v) is 40.5. The summed E-state index contributed by atoms with van der Waals surface area (Å²) < 4.78 is 16.5. The summed E-state index contributed by atoms with van der Waals surface area (Å²) >= 11 is 0. The number of fused-ring (bicyclic) bond motifs is 1. The fourth-order valence-electron chi connectivity index (χ4n) is 11.0. The van der Waals surface area contributed by atoms with Crippen LogP contribution in [-0.2, 0) is 28.6 Å². The molecule has 1 aliphatic heterocycles. The molecule has 0 saturated heterocycles. The minimum atomic E-state index is -5.10. The van der Waals surface area contributed by atoms with Crippen molar-refractivity contribution >= 4 is 141 Å². The number of aliphatic hydroxyl groups is 15. The van der Waals surface area contributed by atoms with Crippen LogP contribution in [0.2, 0.25) is 0 Å². The molecule has 14 atom stereocenters. The molecule has 3 heterocycles. The van der Waals surface area contributed by atoms with Crippen LogP contribution in [0.5, 0.6) is 5.75 Å². The Morgan fingerprint density at radius 1 is 0.664 bits per heavy atom. The number of aliphatic hydroxyl groups excluding tert-OH is 15. The molecule has 636 valence electrons. The Labute approximate surface area is 674 Å². The fourth-order valence-corrected chi connectivity index (χ4v) is 13.7. The third kappa shape index (κ3) is 31.8. The Morgan fingerprint density at radius 2 is 1.23 bits per heavy atom. The number of aromatic amines is 2. The molecule has 116 heavy (non-hydrogen) atoms. The van der Waals surface area contributed by atoms with E-state index in [1.165, 1.54) is 52.4 Å². The van der Waals surface area contributed by atoms with Crippen molar-refractivity contribution in [3.63, 3.8) is 0 Å². The first-order chi connectivity index (χ1) is 54.7. The molecule has 0 radical (unpaired) electrons. The number of phosphoric ester groups is 1. The Hall–Kier alpha value is -11.4. The average Bonchev–Trinajstić information content (AvgIpc) is 1.78. The molecule has 0 spiro atoms. The van der Waals surface area contributed by atoms with E-state index in [1.807, 2.05) is 0 Å². The van der Waals surface area contributed by atoms with Crippen LogP contribution >= 0.6 is 29.4 Å². The lowest BCUT2D eigenvalue weighted by Gasteiger charge is -2.22. The fraction of sp³-hybridized carbons (Fsp3) is 0.521. The second-order valence-electron chi connectivity index (χ2n) is 27.2. The highest BCUT2D eigenvalue weighted by Crippen LogP contribution is 2.38. The predicted molar refractivity (Wildman–Crippen MR) is 450 cm³/mol. The number of hydrogen-bond donors (Lipinski definition) is 25. The maximum atomic E-state index is 12.6. The number of nitrogens with zero attached hydrogens (tertiary/aromatic N) is 14. The van der Waals surface area contributed by atoms with E-state index >= 15 is 0 Å². The normalized spacial score (nSPS) is 23.1. The van der Waals surface area contributed by atoms with Crippen molar-refractivity contribution in [2.75, 3.05) is 24.6 Å². The number of hydrogen-bond acceptors (Lipinski definition) is 22. The molecule has 0 bridgehead atoms. The molecule has 2 aromatic heterocycles. The van der Waals surface area contributed by atoms with Gasteiger partial charge in [0.05, 0.1) is 12.7 Å². The molecular weight excluding hydrogens is 1580 g/mol. The van der Waals surface area contributed by atoms with Gasteiger partial charge >= 0.3 is 13.8 Å². The lowest BCUT2D eigenvalue weighted by atomic mass is 9.99. The molecule has 4 aromatic rings. The first kappa shape index (κ1) is 95.2. The highest BCUT2D eigenvalue weighted by Gasteiger charge is 2.34. The first-order valence-electron chi connectivity index (χ1n) is 36.5. The van der Waals surface area contributed by atoms with Crippen molar-refractivity contribution in [2.45, 2.75) is 192 Å². The highest BCUT2D eigenvalue weighted by molar-refractivity contribution is 8.76. The van der Waals surface area contributed by atoms with E-state index in [2.05, 4.69) is 85.2 Å². The van der Waals surface area contributed by atoms with Gasteiger partial charge in [-0.2, -0.15) is 0 Å². The van der Waals surface area contributed by atoms with Gasteiger partial charge in [0, 0.05) is 79.6 Å². The van der Waals surface area contributed by atoms with Crippen molar-refractivity contribution in [2.24, 2.45) is 88.4 Å². The Balaban J connectivity index is 1.90. The molecule has 42 nitrogen and oxygen atoms in total. The Morgan fingerprint density at radius 3 is 1.83 bits per heavy atom. The molecule has 0 saturated carbocycles. The van der Waals surface area contributed by atoms with Crippen LogP contribution in [-0.4, -0.2) is 304 Å². The zero-order chi connectivity index (χ0) is 86.3. The molecule has 26 N–H and O–H groups in total. The van der Waals surface area contributed by atoms with E-state index in [1.54, 1.807) is 58.2 Å². The van der Waals surface area contributed by atoms with Gasteiger partial charge in [-0.05, 0) is 73.3 Å². The quantitative estimate of drug-likeness (QED) is 0.00828. The van der Waals surface area contributed by atoms with Crippen LogP contribution < -0.4 is 15.6 Å². The van der Waals surface area contributed by atoms with E-state index in [0.717, 1.165) is 33.7 Å². The summed E-state index contributed by atoms with van der Waals surface area (Å²) in [5.74, 6) is -18.6. The van der Waals surface area contributed by atoms with E-state index < -0.39 is 231 Å². The third-order valence-electron chi connectivity index (χ3n) is 17.6. The van der Waals surface area contributed by atoms with Gasteiger partial charge < -0.3 is 107 Å². The van der Waals surface area contributed by atoms with Crippen LogP contribution in [0.15, 0.2) is 132 Å². The summed E-state index contributed by atoms with van der Waals surface area (Å²) in [6, 6.07) is -7.89. The molecule has 45 heteroatoms. The maximum Gasteiger partial charge on any atom is 0.524 e. The SMILES string of the molecule is CC[C@H](C)[C@H](N=C(O)[C@@H]1CSSC[C@H](N=C(O)[C@@H](N=C(C)O)[C@@H](C)CC)C(O)=N[C@@H](C(C)C)C(O)=N[C@@H](Cc2ccc(OP(=O)(O)O)cc2)C(O)=N[C@@H](CCC(=N)O)C(O)=N[C@H](CC(=O)O)C(O)=N[C@@H](Cc2c[nH]c3ccccc23)C(O)=NCC(O)=N[C@@H](C)C(O)=N[C@H](Cc2cnc[nH]2)C(O)=N[C@@H](CCCNC(=N)N)C(O)=N1)C(=N)O. The number of rotatable bonds is 28. The number of nitrogens with one attached hydrogen (secondary N) is 6. The lowest BCUT2D eigenvalue weighted by molar-refractivity contribution is -0.137. The summed E-state index contributed by atoms with van der Waals surface area (Å²) in [7, 11) is -3.31. The van der Waals surface area contributed by atoms with Gasteiger partial charge in [0.1, 0.15) is 84.8 Å². The van der Waals surface area contributed by atoms with Gasteiger partial charge in [-0.1, -0.05) is 106 Å². The molecule has 5 rings (SSSR count). The zero-order valence-electron chi connectivity index (χ0n) is 64.8. The van der Waals surface area contributed by atoms with Crippen molar-refractivity contribution in [3.8, 4) is 5.75 Å². The standard InChI is InChI=1S/C71H104N21O21PS2/c1-9-35(5)57(59(73)98)92-68(107)51-31-115-116-32-52(90-70(109)58(36(6)10-2)82-38(8)93)67(106)91-56(34(3)4)69(108)88-47(24-39-17-19-42(20-18-39)113-114(110,111)112)64(103)84-46(21-22-53(72)94)63(102)87-50(27-55(96)97)66(105)86-48(25-40-28-78-44-15-12-11-14-43(40)44)61(100)79-30-54(95)81-37(7)60(99)85-49(26-41-29-76-33-80-41)65(104)83-45(62(101)89-51)16-13-23-77-71(74)75/h11-12,14-15,17-20,28-29,33-37,45-52,56-58,78H,9-10,13,16,21-27,30-32H2,1-8H3,(H2,72,94)(H2,73,98)(H,76,80)(H,79,100)(H,81,95)(H,82,93)(H,83,104)(H,84,103)(H,85,99)(H,86,105)(H,87,102)(H,88,108)(H,89,101)(H,90,109)(H,91,106)(H,92,107)(H,96,97)(H4,74,75,77)(H2,110,111,112)/t35-,36-,37-,45-,46-,47-,48-,49+,50+,51-,52-,56-,57-,58-/m0/s1. The number of carbonyl (C=O) groups is 1. The number of H-pyrrole nitrogens is 2. The van der Waals surface area contributed by atoms with Crippen LogP contribution in [0.1, 0.15) is 117 Å². The van der Waals surface area contributed by atoms with Gasteiger partial charge in [-0.3, -0.25) is 30.8 Å². The Bertz CT molecular complexity index is 4430. The number of aromatic nitrogens is 3. The van der Waals surface area contributed by atoms with E-state index in [0.29, 0.717) is 35.0 Å². The van der Waals surface area contributed by atoms with Gasteiger partial charge in [-0.25, -0.2) is 74.5 Å². The Kier molecular flexibility index (Phi) is 38.0. The number of imidazole rings is 1. The average molecular weight is 1680 g/mol. The summed E-state index contributed by atoms with van der Waals surface area (Å²) in [6.07, 6.45) is 1.27. The predicted octanol–water partition coefficient (Wildman–Crippen LogP) is 9.02. The van der Waals surface area contributed by atoms with Crippen LogP contribution in [0.3, 0.4) is 0 Å². The second kappa shape index (κ2) is 46.2. The number of para-hydroxylation sites is 1. The van der Waals surface area contributed by atoms with Gasteiger partial charge in [-0.15, -0.1) is 0 Å². The summed E-state index contributed by atoms with van der Waals surface area (Å²) in [5, 5.41) is 212. The minimum absolute atomic E-state index is 0.00147. The van der Waals surface area contributed by atoms with E-state index in [9.17, 15) is 101 Å². The number of nitrogens with two attached hydrogens (primary N) is 1. The smallest absolute Gasteiger partial charge is 0.497 e. The molecule has 0 amide bonds. The molecule has 1 aliphatic rings. The maximum absolute atomic E-state index is 12.6. The molecular formula is C71H104N21O21PS2. The lowest BCUT2D eigenvalue weighted by Crippen LogP contribution is -2.35. The molecule has 2 aromatic carbocycles. The van der Waals surface area contributed by atoms with E-state index in [4.69, 9.17) is 26.5 Å². The number of benzene rings is 2. The van der Waals surface area contributed by atoms with Crippen molar-refractivity contribution in [1.82, 2.24) is 20.3 Å². The number of phosphoric acid groups is 1. The van der Waals surface area contributed by atoms with Crippen molar-refractivity contribution in [3.05, 3.63) is 84.1 Å². The van der Waals surface area contributed by atoms with Crippen LogP contribution in [0.4, 0.5) is 0 Å². The van der Waals surface area contributed by atoms with E-state index in [-0.39, 0.29) is 55.0 Å². The summed E-state index contributed by atoms with van der Waals surface area (Å²) in [5.41, 5.74) is 7.14. The monoisotopic (exact) mass is 1680 g/mol. The highest BCUT2D eigenvalue weighted by atomic mass is 33.1. The number of carboxylic acids is 1. The third-order valence-corrected chi connectivity index (χ3v) is 20.5. The molecule has 0 aliphatic carbocycles. The molecule has 0 unspecified atom stereocenters. The number of aliphatic imine (C=N–C) groups is 13. The zero-order valence-corrected chi connectivity index (χ0v) is 67.3. The number of guanidine groups is 1. The van der Waals surface area contributed by atoms with Gasteiger partial charge in [0.2, 0.25) is 76.7 Å². The summed E-state index contributed by atoms with van der Waals surface area (Å²) in [4.78, 5) is 97.2. The summed E-state index contributed by atoms with van der Waals surface area (Å²) in [6.45, 7) is 11.5. The topological polar surface area (TPSA) is 722 Å². The second-order valence-corrected chi connectivity index (χ2v) is 30.9. The van der Waals surface area contributed by atoms with Crippen molar-refractivity contribution < 1.29 is 105 Å². The van der Waals surface area contributed by atoms with Crippen molar-refractivity contribution in [1.29, 1.82) is 16.2 Å². The van der Waals surface area contributed by atoms with Gasteiger partial charge in [0.15, 0.2) is 17.8 Å². The van der Waals surface area contributed by atoms with Gasteiger partial charge in [0.25, 0.3) is 0 Å². The largest absolute Gasteiger partial charge is 0.524 e.